The van der Waals surface area contributed by atoms with Gasteiger partial charge in [-0.15, -0.1) is 24.8 Å². The molecule has 2 rings (SSSR count). The molecule has 1 saturated heterocycles. The fourth-order valence-electron chi connectivity index (χ4n) is 1.45. The van der Waals surface area contributed by atoms with Crippen LogP contribution in [0.2, 0.25) is 0 Å². The van der Waals surface area contributed by atoms with Crippen molar-refractivity contribution in [1.82, 2.24) is 10.3 Å². The van der Waals surface area contributed by atoms with E-state index in [1.807, 2.05) is 6.20 Å². The minimum atomic E-state index is 0. The van der Waals surface area contributed by atoms with E-state index >= 15 is 0 Å². The van der Waals surface area contributed by atoms with Crippen molar-refractivity contribution in [2.24, 2.45) is 0 Å². The lowest BCUT2D eigenvalue weighted by Crippen LogP contribution is -2.43. The first-order valence-corrected chi connectivity index (χ1v) is 5.51. The van der Waals surface area contributed by atoms with Crippen LogP contribution in [0.1, 0.15) is 0 Å². The third kappa shape index (κ3) is 4.30. The molecule has 6 heteroatoms. The van der Waals surface area contributed by atoms with Crippen molar-refractivity contribution >= 4 is 53.2 Å². The second-order valence-electron chi connectivity index (χ2n) is 3.07. The molecule has 1 fully saturated rings. The molecule has 1 aromatic heterocycles. The topological polar surface area (TPSA) is 28.2 Å². The number of piperazine rings is 1. The zero-order valence-corrected chi connectivity index (χ0v) is 11.9. The molecule has 1 aliphatic rings. The van der Waals surface area contributed by atoms with Crippen LogP contribution in [0.3, 0.4) is 0 Å². The van der Waals surface area contributed by atoms with Gasteiger partial charge >= 0.3 is 0 Å². The third-order valence-corrected chi connectivity index (χ3v) is 2.79. The lowest BCUT2D eigenvalue weighted by molar-refractivity contribution is 0.585. The van der Waals surface area contributed by atoms with Gasteiger partial charge in [-0.05, 0) is 34.7 Å². The molecule has 1 aromatic rings. The molecule has 0 saturated carbocycles. The fourth-order valence-corrected chi connectivity index (χ4v) is 1.77. The van der Waals surface area contributed by atoms with Crippen molar-refractivity contribution in [2.75, 3.05) is 31.1 Å². The third-order valence-electron chi connectivity index (χ3n) is 2.15. The number of pyridine rings is 1. The molecule has 0 aliphatic carbocycles. The molecule has 1 aliphatic heterocycles. The van der Waals surface area contributed by atoms with Crippen molar-refractivity contribution in [3.63, 3.8) is 0 Å². The van der Waals surface area contributed by atoms with Gasteiger partial charge in [-0.3, -0.25) is 0 Å². The van der Waals surface area contributed by atoms with Gasteiger partial charge < -0.3 is 10.2 Å². The zero-order chi connectivity index (χ0) is 9.10. The summed E-state index contributed by atoms with van der Waals surface area (Å²) in [5, 5.41) is 3.32. The molecule has 86 valence electrons. The van der Waals surface area contributed by atoms with Crippen LogP contribution >= 0.6 is 47.4 Å². The van der Waals surface area contributed by atoms with Gasteiger partial charge in [0.25, 0.3) is 0 Å². The number of anilines is 1. The van der Waals surface area contributed by atoms with Gasteiger partial charge in [0.15, 0.2) is 0 Å². The van der Waals surface area contributed by atoms with Crippen LogP contribution in [0.4, 0.5) is 5.82 Å². The van der Waals surface area contributed by atoms with Gasteiger partial charge in [0, 0.05) is 35.9 Å². The van der Waals surface area contributed by atoms with Crippen molar-refractivity contribution in [2.45, 2.75) is 0 Å². The Kier molecular flexibility index (Phi) is 7.60. The van der Waals surface area contributed by atoms with Crippen molar-refractivity contribution in [1.29, 1.82) is 0 Å². The van der Waals surface area contributed by atoms with E-state index in [-0.39, 0.29) is 24.8 Å². The summed E-state index contributed by atoms with van der Waals surface area (Å²) in [6.45, 7) is 4.25. The first-order valence-electron chi connectivity index (χ1n) is 4.43. The molecule has 0 unspecified atom stereocenters. The van der Waals surface area contributed by atoms with Crippen molar-refractivity contribution in [3.05, 3.63) is 21.9 Å². The maximum Gasteiger partial charge on any atom is 0.128 e. The molecule has 0 spiro atoms. The van der Waals surface area contributed by atoms with Crippen LogP contribution in [-0.4, -0.2) is 31.2 Å². The van der Waals surface area contributed by atoms with Crippen molar-refractivity contribution < 1.29 is 0 Å². The molecule has 2 heterocycles. The monoisotopic (exact) mass is 361 g/mol. The average Bonchev–Trinajstić information content (AvgIpc) is 2.20. The molecule has 3 nitrogen and oxygen atoms in total. The minimum absolute atomic E-state index is 0. The van der Waals surface area contributed by atoms with E-state index in [1.54, 1.807) is 0 Å². The summed E-state index contributed by atoms with van der Waals surface area (Å²) >= 11 is 2.27. The Morgan fingerprint density at radius 3 is 2.40 bits per heavy atom. The summed E-state index contributed by atoms with van der Waals surface area (Å²) in [7, 11) is 0. The van der Waals surface area contributed by atoms with Gasteiger partial charge in [-0.25, -0.2) is 4.98 Å². The maximum atomic E-state index is 4.39. The first kappa shape index (κ1) is 15.2. The molecular formula is C9H14Cl2IN3. The predicted molar refractivity (Wildman–Crippen MR) is 76.5 cm³/mol. The Bertz CT molecular complexity index is 275. The predicted octanol–water partition coefficient (Wildman–Crippen LogP) is 1.94. The summed E-state index contributed by atoms with van der Waals surface area (Å²) in [6.07, 6.45) is 1.91. The van der Waals surface area contributed by atoms with E-state index in [0.29, 0.717) is 0 Å². The number of rotatable bonds is 1. The molecule has 0 radical (unpaired) electrons. The highest BCUT2D eigenvalue weighted by molar-refractivity contribution is 14.1. The Hall–Kier alpha value is 0.220. The largest absolute Gasteiger partial charge is 0.354 e. The smallest absolute Gasteiger partial charge is 0.128 e. The Balaban J connectivity index is 0.000000980. The SMILES string of the molecule is Cl.Cl.Ic1ccc(N2CCNCC2)nc1. The van der Waals surface area contributed by atoms with E-state index in [4.69, 9.17) is 0 Å². The lowest BCUT2D eigenvalue weighted by Gasteiger charge is -2.28. The summed E-state index contributed by atoms with van der Waals surface area (Å²) in [4.78, 5) is 6.70. The number of hydrogen-bond acceptors (Lipinski definition) is 3. The highest BCUT2D eigenvalue weighted by Crippen LogP contribution is 2.12. The van der Waals surface area contributed by atoms with Crippen LogP contribution in [0, 0.1) is 3.57 Å². The number of halogens is 3. The summed E-state index contributed by atoms with van der Waals surface area (Å²) in [5.74, 6) is 1.10. The van der Waals surface area contributed by atoms with Gasteiger partial charge in [0.05, 0.1) is 0 Å². The van der Waals surface area contributed by atoms with Crippen LogP contribution in [0.5, 0.6) is 0 Å². The number of aromatic nitrogens is 1. The Morgan fingerprint density at radius 1 is 1.20 bits per heavy atom. The zero-order valence-electron chi connectivity index (χ0n) is 8.15. The molecule has 1 N–H and O–H groups in total. The van der Waals surface area contributed by atoms with E-state index in [2.05, 4.69) is 49.9 Å². The quantitative estimate of drug-likeness (QED) is 0.775. The second kappa shape index (κ2) is 7.49. The standard InChI is InChI=1S/C9H12IN3.2ClH/c10-8-1-2-9(12-7-8)13-5-3-11-4-6-13;;/h1-2,7,11H,3-6H2;2*1H. The Morgan fingerprint density at radius 2 is 1.87 bits per heavy atom. The maximum absolute atomic E-state index is 4.39. The molecular weight excluding hydrogens is 348 g/mol. The van der Waals surface area contributed by atoms with Gasteiger partial charge in [0.2, 0.25) is 0 Å². The molecule has 0 bridgehead atoms. The number of hydrogen-bond donors (Lipinski definition) is 1. The fraction of sp³-hybridized carbons (Fsp3) is 0.444. The summed E-state index contributed by atoms with van der Waals surface area (Å²) in [6, 6.07) is 4.19. The number of nitrogens with zero attached hydrogens (tertiary/aromatic N) is 2. The highest BCUT2D eigenvalue weighted by Gasteiger charge is 2.10. The van der Waals surface area contributed by atoms with Gasteiger partial charge in [0.1, 0.15) is 5.82 Å². The Labute approximate surface area is 116 Å². The summed E-state index contributed by atoms with van der Waals surface area (Å²) < 4.78 is 1.19. The van der Waals surface area contributed by atoms with E-state index < -0.39 is 0 Å². The van der Waals surface area contributed by atoms with Gasteiger partial charge in [-0.2, -0.15) is 0 Å². The molecule has 0 atom stereocenters. The first-order chi connectivity index (χ1) is 6.36. The van der Waals surface area contributed by atoms with E-state index in [0.717, 1.165) is 32.0 Å². The summed E-state index contributed by atoms with van der Waals surface area (Å²) in [5.41, 5.74) is 0. The van der Waals surface area contributed by atoms with E-state index in [1.165, 1.54) is 3.57 Å². The minimum Gasteiger partial charge on any atom is -0.354 e. The van der Waals surface area contributed by atoms with Crippen LogP contribution in [0.15, 0.2) is 18.3 Å². The van der Waals surface area contributed by atoms with Crippen molar-refractivity contribution in [3.8, 4) is 0 Å². The number of nitrogens with one attached hydrogen (secondary N) is 1. The van der Waals surface area contributed by atoms with Crippen LogP contribution < -0.4 is 10.2 Å². The normalized spacial score (nSPS) is 15.1. The lowest BCUT2D eigenvalue weighted by atomic mass is 10.3. The average molecular weight is 362 g/mol. The van der Waals surface area contributed by atoms with Gasteiger partial charge in [-0.1, -0.05) is 0 Å². The van der Waals surface area contributed by atoms with Crippen LogP contribution in [0.25, 0.3) is 0 Å². The molecule has 0 amide bonds. The van der Waals surface area contributed by atoms with E-state index in [9.17, 15) is 0 Å². The molecule has 15 heavy (non-hydrogen) atoms. The molecule has 0 aromatic carbocycles. The highest BCUT2D eigenvalue weighted by atomic mass is 127. The van der Waals surface area contributed by atoms with Crippen LogP contribution in [-0.2, 0) is 0 Å². The second-order valence-corrected chi connectivity index (χ2v) is 4.32.